The van der Waals surface area contributed by atoms with Gasteiger partial charge < -0.3 is 10.4 Å². The molecule has 1 saturated heterocycles. The van der Waals surface area contributed by atoms with Gasteiger partial charge in [-0.25, -0.2) is 4.79 Å². The Morgan fingerprint density at radius 3 is 2.23 bits per heavy atom. The number of hydrogen-bond acceptors (Lipinski definition) is 4. The van der Waals surface area contributed by atoms with Gasteiger partial charge >= 0.3 is 5.97 Å². The maximum absolute atomic E-state index is 11.7. The van der Waals surface area contributed by atoms with E-state index in [1.165, 1.54) is 12.1 Å². The molecule has 1 fully saturated rings. The number of hydrogen-bond donors (Lipinski definition) is 2. The molecule has 22 heavy (non-hydrogen) atoms. The molecule has 116 valence electrons. The second-order valence-electron chi connectivity index (χ2n) is 4.97. The van der Waals surface area contributed by atoms with Crippen LogP contribution in [0.2, 0.25) is 0 Å². The van der Waals surface area contributed by atoms with Crippen LogP contribution >= 0.6 is 0 Å². The molecular formula is C15H16N2O5. The van der Waals surface area contributed by atoms with E-state index in [0.29, 0.717) is 0 Å². The molecule has 0 saturated carbocycles. The molecule has 0 unspecified atom stereocenters. The zero-order valence-electron chi connectivity index (χ0n) is 11.9. The quantitative estimate of drug-likeness (QED) is 0.747. The van der Waals surface area contributed by atoms with Crippen LogP contribution in [0, 0.1) is 0 Å². The van der Waals surface area contributed by atoms with Crippen molar-refractivity contribution in [1.82, 2.24) is 10.2 Å². The lowest BCUT2D eigenvalue weighted by molar-refractivity contribution is -0.138. The highest BCUT2D eigenvalue weighted by molar-refractivity contribution is 6.02. The minimum atomic E-state index is -1.00. The van der Waals surface area contributed by atoms with Crippen LogP contribution < -0.4 is 5.32 Å². The molecule has 1 aromatic carbocycles. The molecule has 2 N–H and O–H groups in total. The monoisotopic (exact) mass is 304 g/mol. The highest BCUT2D eigenvalue weighted by Crippen LogP contribution is 2.11. The van der Waals surface area contributed by atoms with Crippen LogP contribution in [0.1, 0.15) is 35.2 Å². The number of rotatable bonds is 6. The molecular weight excluding hydrogens is 288 g/mol. The van der Waals surface area contributed by atoms with E-state index in [0.717, 1.165) is 10.5 Å². The Kier molecular flexibility index (Phi) is 4.88. The molecule has 1 aliphatic heterocycles. The lowest BCUT2D eigenvalue weighted by Crippen LogP contribution is -2.34. The number of aromatic carboxylic acids is 1. The third kappa shape index (κ3) is 3.91. The third-order valence-electron chi connectivity index (χ3n) is 3.41. The standard InChI is InChI=1S/C15H16N2O5/c18-12(7-8-17-13(19)5-6-14(17)20)16-9-10-1-3-11(4-2-10)15(21)22/h1-4H,5-9H2,(H,16,18)(H,21,22). The van der Waals surface area contributed by atoms with E-state index >= 15 is 0 Å². The predicted octanol–water partition coefficient (Wildman–Crippen LogP) is 0.540. The van der Waals surface area contributed by atoms with E-state index in [4.69, 9.17) is 5.11 Å². The summed E-state index contributed by atoms with van der Waals surface area (Å²) in [7, 11) is 0. The average molecular weight is 304 g/mol. The molecule has 2 rings (SSSR count). The number of nitrogens with zero attached hydrogens (tertiary/aromatic N) is 1. The van der Waals surface area contributed by atoms with Crippen molar-refractivity contribution in [3.8, 4) is 0 Å². The highest BCUT2D eigenvalue weighted by Gasteiger charge is 2.28. The molecule has 1 heterocycles. The number of amides is 3. The molecule has 1 aliphatic rings. The third-order valence-corrected chi connectivity index (χ3v) is 3.41. The van der Waals surface area contributed by atoms with Gasteiger partial charge in [-0.2, -0.15) is 0 Å². The second-order valence-corrected chi connectivity index (χ2v) is 4.97. The molecule has 3 amide bonds. The summed E-state index contributed by atoms with van der Waals surface area (Å²) in [5.74, 6) is -1.74. The van der Waals surface area contributed by atoms with E-state index < -0.39 is 5.97 Å². The molecule has 0 bridgehead atoms. The van der Waals surface area contributed by atoms with Gasteiger partial charge in [0, 0.05) is 32.4 Å². The first-order valence-electron chi connectivity index (χ1n) is 6.89. The highest BCUT2D eigenvalue weighted by atomic mass is 16.4. The van der Waals surface area contributed by atoms with Gasteiger partial charge in [-0.3, -0.25) is 19.3 Å². The van der Waals surface area contributed by atoms with E-state index in [-0.39, 0.29) is 55.6 Å². The van der Waals surface area contributed by atoms with E-state index in [1.807, 2.05) is 0 Å². The van der Waals surface area contributed by atoms with Crippen LogP contribution in [0.15, 0.2) is 24.3 Å². The summed E-state index contributed by atoms with van der Waals surface area (Å²) in [6, 6.07) is 6.17. The van der Waals surface area contributed by atoms with Crippen molar-refractivity contribution in [1.29, 1.82) is 0 Å². The van der Waals surface area contributed by atoms with Gasteiger partial charge in [0.2, 0.25) is 17.7 Å². The summed E-state index contributed by atoms with van der Waals surface area (Å²) in [4.78, 5) is 46.3. The number of likely N-dealkylation sites (tertiary alicyclic amines) is 1. The Morgan fingerprint density at radius 1 is 1.09 bits per heavy atom. The summed E-state index contributed by atoms with van der Waals surface area (Å²) >= 11 is 0. The Bertz CT molecular complexity index is 593. The molecule has 7 nitrogen and oxygen atoms in total. The average Bonchev–Trinajstić information content (AvgIpc) is 2.82. The van der Waals surface area contributed by atoms with Gasteiger partial charge in [-0.1, -0.05) is 12.1 Å². The van der Waals surface area contributed by atoms with Gasteiger partial charge in [0.05, 0.1) is 5.56 Å². The Morgan fingerprint density at radius 2 is 1.68 bits per heavy atom. The summed E-state index contributed by atoms with van der Waals surface area (Å²) in [5, 5.41) is 11.4. The van der Waals surface area contributed by atoms with Crippen LogP contribution in [0.4, 0.5) is 0 Å². The first-order chi connectivity index (χ1) is 10.5. The van der Waals surface area contributed by atoms with Gasteiger partial charge in [-0.05, 0) is 17.7 Å². The minimum Gasteiger partial charge on any atom is -0.478 e. The van der Waals surface area contributed by atoms with Crippen LogP contribution in [0.25, 0.3) is 0 Å². The molecule has 0 radical (unpaired) electrons. The van der Waals surface area contributed by atoms with Gasteiger partial charge in [0.25, 0.3) is 0 Å². The van der Waals surface area contributed by atoms with Crippen LogP contribution in [0.5, 0.6) is 0 Å². The summed E-state index contributed by atoms with van der Waals surface area (Å²) in [5.41, 5.74) is 0.952. The first-order valence-corrected chi connectivity index (χ1v) is 6.89. The number of carboxylic acids is 1. The van der Waals surface area contributed by atoms with Crippen molar-refractivity contribution in [2.75, 3.05) is 6.54 Å². The molecule has 0 atom stereocenters. The second kappa shape index (κ2) is 6.84. The molecule has 0 spiro atoms. The van der Waals surface area contributed by atoms with Crippen molar-refractivity contribution < 1.29 is 24.3 Å². The number of carboxylic acid groups (broad SMARTS) is 1. The fourth-order valence-electron chi connectivity index (χ4n) is 2.14. The normalized spacial score (nSPS) is 14.3. The Balaban J connectivity index is 1.76. The SMILES string of the molecule is O=C(CCN1C(=O)CCC1=O)NCc1ccc(C(=O)O)cc1. The zero-order chi connectivity index (χ0) is 16.1. The van der Waals surface area contributed by atoms with Crippen molar-refractivity contribution in [2.45, 2.75) is 25.8 Å². The van der Waals surface area contributed by atoms with Crippen molar-refractivity contribution in [3.63, 3.8) is 0 Å². The van der Waals surface area contributed by atoms with Crippen LogP contribution in [0.3, 0.4) is 0 Å². The van der Waals surface area contributed by atoms with Gasteiger partial charge in [-0.15, -0.1) is 0 Å². The topological polar surface area (TPSA) is 104 Å². The summed E-state index contributed by atoms with van der Waals surface area (Å²) < 4.78 is 0. The lowest BCUT2D eigenvalue weighted by atomic mass is 10.1. The number of imide groups is 1. The fourth-order valence-corrected chi connectivity index (χ4v) is 2.14. The van der Waals surface area contributed by atoms with E-state index in [1.54, 1.807) is 12.1 Å². The Labute approximate surface area is 126 Å². The maximum Gasteiger partial charge on any atom is 0.335 e. The molecule has 0 aromatic heterocycles. The van der Waals surface area contributed by atoms with Gasteiger partial charge in [0.15, 0.2) is 0 Å². The molecule has 0 aliphatic carbocycles. The van der Waals surface area contributed by atoms with Crippen LogP contribution in [-0.2, 0) is 20.9 Å². The Hall–Kier alpha value is -2.70. The van der Waals surface area contributed by atoms with E-state index in [9.17, 15) is 19.2 Å². The maximum atomic E-state index is 11.7. The summed E-state index contributed by atoms with van der Waals surface area (Å²) in [6.07, 6.45) is 0.497. The summed E-state index contributed by atoms with van der Waals surface area (Å²) in [6.45, 7) is 0.363. The van der Waals surface area contributed by atoms with Crippen molar-refractivity contribution >= 4 is 23.7 Å². The first kappa shape index (κ1) is 15.7. The number of benzene rings is 1. The molecule has 1 aromatic rings. The van der Waals surface area contributed by atoms with Crippen molar-refractivity contribution in [3.05, 3.63) is 35.4 Å². The number of carbonyl (C=O) groups is 4. The number of nitrogens with one attached hydrogen (secondary N) is 1. The van der Waals surface area contributed by atoms with Gasteiger partial charge in [0.1, 0.15) is 0 Å². The number of carbonyl (C=O) groups excluding carboxylic acids is 3. The largest absolute Gasteiger partial charge is 0.478 e. The van der Waals surface area contributed by atoms with Crippen LogP contribution in [-0.4, -0.2) is 40.2 Å². The lowest BCUT2D eigenvalue weighted by Gasteiger charge is -2.13. The smallest absolute Gasteiger partial charge is 0.335 e. The van der Waals surface area contributed by atoms with E-state index in [2.05, 4.69) is 5.32 Å². The molecule has 7 heteroatoms. The minimum absolute atomic E-state index is 0.0602. The van der Waals surface area contributed by atoms with Crippen molar-refractivity contribution in [2.24, 2.45) is 0 Å². The zero-order valence-corrected chi connectivity index (χ0v) is 11.9. The fraction of sp³-hybridized carbons (Fsp3) is 0.333. The predicted molar refractivity (Wildman–Crippen MR) is 75.8 cm³/mol.